The lowest BCUT2D eigenvalue weighted by atomic mass is 10.1. The Kier molecular flexibility index (Phi) is 5.45. The minimum atomic E-state index is -0.473. The third-order valence-corrected chi connectivity index (χ3v) is 4.55. The number of benzene rings is 1. The first-order valence-corrected chi connectivity index (χ1v) is 8.57. The normalized spacial score (nSPS) is 16.8. The fourth-order valence-corrected chi connectivity index (χ4v) is 2.98. The molecule has 1 saturated heterocycles. The molecular formula is C18H23FN4O2. The molecule has 1 N–H and O–H groups in total. The van der Waals surface area contributed by atoms with Gasteiger partial charge in [0.05, 0.1) is 6.10 Å². The lowest BCUT2D eigenvalue weighted by Crippen LogP contribution is -2.50. The number of piperazine rings is 1. The highest BCUT2D eigenvalue weighted by Gasteiger charge is 2.23. The van der Waals surface area contributed by atoms with E-state index in [0.717, 1.165) is 19.5 Å². The van der Waals surface area contributed by atoms with Gasteiger partial charge < -0.3 is 10.0 Å². The summed E-state index contributed by atoms with van der Waals surface area (Å²) >= 11 is 0. The molecule has 1 aromatic carbocycles. The molecule has 1 aliphatic rings. The van der Waals surface area contributed by atoms with Crippen molar-refractivity contribution in [2.24, 2.45) is 0 Å². The van der Waals surface area contributed by atoms with E-state index >= 15 is 0 Å². The van der Waals surface area contributed by atoms with E-state index in [-0.39, 0.29) is 12.0 Å². The summed E-state index contributed by atoms with van der Waals surface area (Å²) in [5.74, 6) is -0.638. The first kappa shape index (κ1) is 17.6. The van der Waals surface area contributed by atoms with Crippen LogP contribution in [-0.2, 0) is 0 Å². The van der Waals surface area contributed by atoms with Crippen LogP contribution in [0.2, 0.25) is 0 Å². The molecule has 6 nitrogen and oxygen atoms in total. The van der Waals surface area contributed by atoms with Gasteiger partial charge in [-0.1, -0.05) is 6.92 Å². The third kappa shape index (κ3) is 4.05. The number of β-amino-alcohol motifs (C(OH)–C–C–N with tert-alkyl or cyclic N) is 1. The Hall–Kier alpha value is -2.25. The number of aromatic nitrogens is 2. The van der Waals surface area contributed by atoms with E-state index in [0.29, 0.717) is 30.9 Å². The summed E-state index contributed by atoms with van der Waals surface area (Å²) in [5, 5.41) is 13.7. The molecular weight excluding hydrogens is 323 g/mol. The van der Waals surface area contributed by atoms with Crippen molar-refractivity contribution in [2.45, 2.75) is 19.4 Å². The quantitative estimate of drug-likeness (QED) is 0.892. The van der Waals surface area contributed by atoms with Gasteiger partial charge in [0.1, 0.15) is 11.5 Å². The summed E-state index contributed by atoms with van der Waals surface area (Å²) in [4.78, 5) is 16.5. The molecule has 1 fully saturated rings. The highest BCUT2D eigenvalue weighted by atomic mass is 19.1. The largest absolute Gasteiger partial charge is 0.392 e. The van der Waals surface area contributed by atoms with Crippen LogP contribution in [-0.4, -0.2) is 69.4 Å². The van der Waals surface area contributed by atoms with Crippen LogP contribution in [0.5, 0.6) is 0 Å². The summed E-state index contributed by atoms with van der Waals surface area (Å²) in [6, 6.07) is 6.19. The van der Waals surface area contributed by atoms with Crippen molar-refractivity contribution >= 4 is 5.91 Å². The third-order valence-electron chi connectivity index (χ3n) is 4.55. The minimum Gasteiger partial charge on any atom is -0.392 e. The number of amides is 1. The number of halogens is 1. The molecule has 2 aromatic rings. The van der Waals surface area contributed by atoms with Crippen molar-refractivity contribution in [1.29, 1.82) is 0 Å². The molecule has 0 radical (unpaired) electrons. The maximum absolute atomic E-state index is 14.3. The van der Waals surface area contributed by atoms with Gasteiger partial charge in [-0.15, -0.1) is 0 Å². The maximum Gasteiger partial charge on any atom is 0.254 e. The van der Waals surface area contributed by atoms with Crippen molar-refractivity contribution < 1.29 is 14.3 Å². The fourth-order valence-electron chi connectivity index (χ4n) is 2.98. The van der Waals surface area contributed by atoms with Crippen LogP contribution in [0, 0.1) is 5.82 Å². The second-order valence-corrected chi connectivity index (χ2v) is 6.27. The number of nitrogens with zero attached hydrogens (tertiary/aromatic N) is 4. The summed E-state index contributed by atoms with van der Waals surface area (Å²) in [5.41, 5.74) is 0.662. The standard InChI is InChI=1S/C18H23FN4O2/c1-2-15(24)13-21-8-10-22(11-9-21)18(25)14-4-5-17(16(19)12-14)23-7-3-6-20-23/h3-7,12,15,24H,2,8-11,13H2,1H3. The molecule has 2 heterocycles. The van der Waals surface area contributed by atoms with E-state index in [1.54, 1.807) is 35.5 Å². The predicted molar refractivity (Wildman–Crippen MR) is 92.2 cm³/mol. The van der Waals surface area contributed by atoms with E-state index < -0.39 is 5.82 Å². The van der Waals surface area contributed by atoms with Gasteiger partial charge in [-0.2, -0.15) is 5.10 Å². The first-order chi connectivity index (χ1) is 12.1. The van der Waals surface area contributed by atoms with Crippen molar-refractivity contribution in [3.8, 4) is 5.69 Å². The van der Waals surface area contributed by atoms with Crippen LogP contribution in [0.1, 0.15) is 23.7 Å². The minimum absolute atomic E-state index is 0.165. The molecule has 1 atom stereocenters. The Labute approximate surface area is 146 Å². The lowest BCUT2D eigenvalue weighted by Gasteiger charge is -2.35. The zero-order valence-corrected chi connectivity index (χ0v) is 14.3. The van der Waals surface area contributed by atoms with Gasteiger partial charge >= 0.3 is 0 Å². The van der Waals surface area contributed by atoms with Crippen molar-refractivity contribution in [1.82, 2.24) is 19.6 Å². The topological polar surface area (TPSA) is 61.6 Å². The van der Waals surface area contributed by atoms with Crippen molar-refractivity contribution in [3.05, 3.63) is 48.0 Å². The molecule has 134 valence electrons. The number of carbonyl (C=O) groups excluding carboxylic acids is 1. The summed E-state index contributed by atoms with van der Waals surface area (Å²) < 4.78 is 15.7. The Morgan fingerprint density at radius 2 is 2.08 bits per heavy atom. The second kappa shape index (κ2) is 7.76. The monoisotopic (exact) mass is 346 g/mol. The maximum atomic E-state index is 14.3. The van der Waals surface area contributed by atoms with E-state index in [1.807, 2.05) is 6.92 Å². The molecule has 0 saturated carbocycles. The number of hydrogen-bond acceptors (Lipinski definition) is 4. The van der Waals surface area contributed by atoms with E-state index in [1.165, 1.54) is 10.7 Å². The van der Waals surface area contributed by atoms with Gasteiger partial charge in [0.15, 0.2) is 0 Å². The number of carbonyl (C=O) groups is 1. The van der Waals surface area contributed by atoms with Gasteiger partial charge in [-0.25, -0.2) is 9.07 Å². The number of aliphatic hydroxyl groups excluding tert-OH is 1. The van der Waals surface area contributed by atoms with Crippen LogP contribution in [0.4, 0.5) is 4.39 Å². The van der Waals surface area contributed by atoms with Crippen molar-refractivity contribution in [3.63, 3.8) is 0 Å². The summed E-state index contributed by atoms with van der Waals surface area (Å²) in [6.45, 7) is 5.18. The second-order valence-electron chi connectivity index (χ2n) is 6.27. The molecule has 1 unspecified atom stereocenters. The zero-order chi connectivity index (χ0) is 17.8. The molecule has 0 bridgehead atoms. The molecule has 7 heteroatoms. The average molecular weight is 346 g/mol. The fraction of sp³-hybridized carbons (Fsp3) is 0.444. The SMILES string of the molecule is CCC(O)CN1CCN(C(=O)c2ccc(-n3cccn3)c(F)c2)CC1. The number of hydrogen-bond donors (Lipinski definition) is 1. The van der Waals surface area contributed by atoms with Crippen LogP contribution >= 0.6 is 0 Å². The lowest BCUT2D eigenvalue weighted by molar-refractivity contribution is 0.0523. The molecule has 0 spiro atoms. The van der Waals surface area contributed by atoms with Gasteiger partial charge in [0.2, 0.25) is 0 Å². The van der Waals surface area contributed by atoms with E-state index in [2.05, 4.69) is 10.00 Å². The molecule has 1 aliphatic heterocycles. The highest BCUT2D eigenvalue weighted by Crippen LogP contribution is 2.17. The van der Waals surface area contributed by atoms with Crippen LogP contribution in [0.3, 0.4) is 0 Å². The predicted octanol–water partition coefficient (Wildman–Crippen LogP) is 1.54. The van der Waals surface area contributed by atoms with Gasteiger partial charge in [0.25, 0.3) is 5.91 Å². The Balaban J connectivity index is 1.63. The van der Waals surface area contributed by atoms with Crippen LogP contribution in [0.25, 0.3) is 5.69 Å². The van der Waals surface area contributed by atoms with E-state index in [4.69, 9.17) is 0 Å². The van der Waals surface area contributed by atoms with Gasteiger partial charge in [-0.05, 0) is 30.7 Å². The number of rotatable bonds is 5. The Bertz CT molecular complexity index is 712. The van der Waals surface area contributed by atoms with Crippen molar-refractivity contribution in [2.75, 3.05) is 32.7 Å². The summed E-state index contributed by atoms with van der Waals surface area (Å²) in [7, 11) is 0. The highest BCUT2D eigenvalue weighted by molar-refractivity contribution is 5.94. The number of aliphatic hydroxyl groups is 1. The molecule has 3 rings (SSSR count). The summed E-state index contributed by atoms with van der Waals surface area (Å²) in [6.07, 6.45) is 3.63. The van der Waals surface area contributed by atoms with Gasteiger partial charge in [0, 0.05) is 50.7 Å². The molecule has 25 heavy (non-hydrogen) atoms. The molecule has 0 aliphatic carbocycles. The Morgan fingerprint density at radius 1 is 1.32 bits per heavy atom. The van der Waals surface area contributed by atoms with E-state index in [9.17, 15) is 14.3 Å². The van der Waals surface area contributed by atoms with Crippen LogP contribution < -0.4 is 0 Å². The molecule has 1 amide bonds. The van der Waals surface area contributed by atoms with Crippen LogP contribution in [0.15, 0.2) is 36.7 Å². The average Bonchev–Trinajstić information content (AvgIpc) is 3.16. The smallest absolute Gasteiger partial charge is 0.254 e. The zero-order valence-electron chi connectivity index (χ0n) is 14.3. The van der Waals surface area contributed by atoms with Gasteiger partial charge in [-0.3, -0.25) is 9.69 Å². The Morgan fingerprint density at radius 3 is 2.68 bits per heavy atom. The molecule has 1 aromatic heterocycles. The first-order valence-electron chi connectivity index (χ1n) is 8.57.